The van der Waals surface area contributed by atoms with E-state index in [1.165, 1.54) is 18.9 Å². The first-order valence-electron chi connectivity index (χ1n) is 9.09. The zero-order valence-electron chi connectivity index (χ0n) is 15.7. The van der Waals surface area contributed by atoms with E-state index in [0.717, 1.165) is 18.8 Å². The molecule has 134 valence electrons. The Morgan fingerprint density at radius 3 is 2.09 bits per heavy atom. The van der Waals surface area contributed by atoms with Crippen LogP contribution in [0.4, 0.5) is 8.78 Å². The summed E-state index contributed by atoms with van der Waals surface area (Å²) < 4.78 is 32.8. The molecule has 0 spiro atoms. The summed E-state index contributed by atoms with van der Waals surface area (Å²) in [5.41, 5.74) is 0.450. The van der Waals surface area contributed by atoms with Crippen molar-refractivity contribution in [3.05, 3.63) is 29.3 Å². The van der Waals surface area contributed by atoms with Crippen LogP contribution in [0, 0.1) is 23.5 Å². The number of hydrogen-bond donors (Lipinski definition) is 0. The summed E-state index contributed by atoms with van der Waals surface area (Å²) in [4.78, 5) is 0. The Morgan fingerprint density at radius 1 is 0.913 bits per heavy atom. The smallest absolute Gasteiger partial charge is 0.200 e. The highest BCUT2D eigenvalue weighted by Crippen LogP contribution is 2.25. The van der Waals surface area contributed by atoms with Gasteiger partial charge in [0.1, 0.15) is 0 Å². The molecule has 2 atom stereocenters. The van der Waals surface area contributed by atoms with Crippen LogP contribution in [0.1, 0.15) is 72.8 Å². The Bertz CT molecular complexity index is 432. The van der Waals surface area contributed by atoms with Crippen molar-refractivity contribution >= 4 is 0 Å². The van der Waals surface area contributed by atoms with Crippen LogP contribution in [-0.4, -0.2) is 6.61 Å². The van der Waals surface area contributed by atoms with Crippen LogP contribution >= 0.6 is 0 Å². The van der Waals surface area contributed by atoms with E-state index < -0.39 is 11.6 Å². The lowest BCUT2D eigenvalue weighted by Crippen LogP contribution is -2.04. The third-order valence-corrected chi connectivity index (χ3v) is 4.18. The zero-order valence-corrected chi connectivity index (χ0v) is 15.7. The van der Waals surface area contributed by atoms with E-state index in [0.29, 0.717) is 24.5 Å². The molecule has 0 aromatic heterocycles. The lowest BCUT2D eigenvalue weighted by molar-refractivity contribution is 0.313. The second-order valence-corrected chi connectivity index (χ2v) is 6.02. The van der Waals surface area contributed by atoms with E-state index in [2.05, 4.69) is 20.8 Å². The van der Waals surface area contributed by atoms with Gasteiger partial charge in [-0.1, -0.05) is 59.9 Å². The molecule has 0 bridgehead atoms. The van der Waals surface area contributed by atoms with Gasteiger partial charge < -0.3 is 4.74 Å². The fourth-order valence-corrected chi connectivity index (χ4v) is 2.35. The monoisotopic (exact) mass is 328 g/mol. The third kappa shape index (κ3) is 7.81. The van der Waals surface area contributed by atoms with Crippen LogP contribution < -0.4 is 4.74 Å². The number of hydrogen-bond acceptors (Lipinski definition) is 1. The molecule has 0 aliphatic rings. The summed E-state index contributed by atoms with van der Waals surface area (Å²) in [5.74, 6) is -0.333. The number of aryl methyl sites for hydroxylation is 1. The van der Waals surface area contributed by atoms with E-state index in [-0.39, 0.29) is 5.75 Å². The summed E-state index contributed by atoms with van der Waals surface area (Å²) in [6, 6.07) is 3.17. The van der Waals surface area contributed by atoms with Gasteiger partial charge in [-0.25, -0.2) is 4.39 Å². The van der Waals surface area contributed by atoms with Gasteiger partial charge in [-0.05, 0) is 43.2 Å². The molecular formula is C20H34F2O. The average molecular weight is 328 g/mol. The molecule has 3 heteroatoms. The topological polar surface area (TPSA) is 9.23 Å². The lowest BCUT2D eigenvalue weighted by Gasteiger charge is -2.15. The van der Waals surface area contributed by atoms with Crippen molar-refractivity contribution in [2.24, 2.45) is 11.8 Å². The molecule has 1 rings (SSSR count). The van der Waals surface area contributed by atoms with E-state index in [1.807, 2.05) is 13.8 Å². The summed E-state index contributed by atoms with van der Waals surface area (Å²) in [6.07, 6.45) is 5.02. The molecule has 0 saturated carbocycles. The van der Waals surface area contributed by atoms with E-state index in [4.69, 9.17) is 4.74 Å². The minimum Gasteiger partial charge on any atom is -0.491 e. The van der Waals surface area contributed by atoms with Gasteiger partial charge in [-0.2, -0.15) is 4.39 Å². The van der Waals surface area contributed by atoms with Crippen molar-refractivity contribution in [3.63, 3.8) is 0 Å². The first-order chi connectivity index (χ1) is 11.0. The van der Waals surface area contributed by atoms with Crippen molar-refractivity contribution in [1.29, 1.82) is 0 Å². The maximum Gasteiger partial charge on any atom is 0.200 e. The third-order valence-electron chi connectivity index (χ3n) is 4.18. The fourth-order valence-electron chi connectivity index (χ4n) is 2.35. The van der Waals surface area contributed by atoms with Gasteiger partial charge in [-0.15, -0.1) is 0 Å². The Labute approximate surface area is 141 Å². The highest BCUT2D eigenvalue weighted by atomic mass is 19.2. The first-order valence-corrected chi connectivity index (χ1v) is 9.09. The molecule has 0 fully saturated rings. The molecule has 1 nitrogen and oxygen atoms in total. The molecule has 1 aromatic carbocycles. The highest BCUT2D eigenvalue weighted by Gasteiger charge is 2.15. The number of benzene rings is 1. The SMILES string of the molecule is CC.CCOc1ccc(CCC(C)CCC(C)CC)c(F)c1F. The number of ether oxygens (including phenoxy) is 1. The molecule has 0 amide bonds. The van der Waals surface area contributed by atoms with Gasteiger partial charge in [0.15, 0.2) is 11.6 Å². The van der Waals surface area contributed by atoms with E-state index in [1.54, 1.807) is 13.0 Å². The second-order valence-electron chi connectivity index (χ2n) is 6.02. The minimum atomic E-state index is -0.860. The van der Waals surface area contributed by atoms with Crippen LogP contribution in [-0.2, 0) is 6.42 Å². The van der Waals surface area contributed by atoms with Crippen LogP contribution in [0.2, 0.25) is 0 Å². The average Bonchev–Trinajstić information content (AvgIpc) is 2.58. The largest absolute Gasteiger partial charge is 0.491 e. The van der Waals surface area contributed by atoms with Gasteiger partial charge in [0.25, 0.3) is 0 Å². The predicted octanol–water partition coefficient (Wildman–Crippen LogP) is 6.78. The van der Waals surface area contributed by atoms with Gasteiger partial charge in [0, 0.05) is 0 Å². The maximum absolute atomic E-state index is 13.9. The molecule has 0 radical (unpaired) electrons. The van der Waals surface area contributed by atoms with Crippen molar-refractivity contribution in [2.45, 2.75) is 73.6 Å². The molecule has 1 aromatic rings. The Kier molecular flexibility index (Phi) is 11.7. The van der Waals surface area contributed by atoms with Crippen LogP contribution in [0.25, 0.3) is 0 Å². The molecule has 0 aliphatic heterocycles. The minimum absolute atomic E-state index is 0.00330. The van der Waals surface area contributed by atoms with Crippen molar-refractivity contribution in [1.82, 2.24) is 0 Å². The molecule has 0 N–H and O–H groups in total. The molecule has 0 aliphatic carbocycles. The quantitative estimate of drug-likeness (QED) is 0.485. The van der Waals surface area contributed by atoms with Crippen LogP contribution in [0.3, 0.4) is 0 Å². The summed E-state index contributed by atoms with van der Waals surface area (Å²) in [7, 11) is 0. The Balaban J connectivity index is 0.00000232. The number of halogens is 2. The van der Waals surface area contributed by atoms with E-state index >= 15 is 0 Å². The maximum atomic E-state index is 13.9. The van der Waals surface area contributed by atoms with Crippen molar-refractivity contribution in [3.8, 4) is 5.75 Å². The predicted molar refractivity (Wildman–Crippen MR) is 95.0 cm³/mol. The van der Waals surface area contributed by atoms with Gasteiger partial charge >= 0.3 is 0 Å². The Morgan fingerprint density at radius 2 is 1.52 bits per heavy atom. The lowest BCUT2D eigenvalue weighted by atomic mass is 9.92. The van der Waals surface area contributed by atoms with Gasteiger partial charge in [0.05, 0.1) is 6.61 Å². The molecule has 23 heavy (non-hydrogen) atoms. The summed E-state index contributed by atoms with van der Waals surface area (Å²) >= 11 is 0. The summed E-state index contributed by atoms with van der Waals surface area (Å²) in [6.45, 7) is 12.7. The van der Waals surface area contributed by atoms with Gasteiger partial charge in [0.2, 0.25) is 5.82 Å². The standard InChI is InChI=1S/C18H28F2O.C2H6/c1-5-13(3)7-8-14(4)9-10-15-11-12-16(21-6-2)18(20)17(15)19;1-2/h11-14H,5-10H2,1-4H3;1-2H3. The second kappa shape index (κ2) is 12.3. The van der Waals surface area contributed by atoms with Crippen molar-refractivity contribution in [2.75, 3.05) is 6.61 Å². The van der Waals surface area contributed by atoms with Gasteiger partial charge in [-0.3, -0.25) is 0 Å². The first kappa shape index (κ1) is 21.9. The Hall–Kier alpha value is -1.12. The molecular weight excluding hydrogens is 294 g/mol. The van der Waals surface area contributed by atoms with Crippen LogP contribution in [0.5, 0.6) is 5.75 Å². The highest BCUT2D eigenvalue weighted by molar-refractivity contribution is 5.31. The molecule has 2 unspecified atom stereocenters. The normalized spacial score (nSPS) is 13.0. The summed E-state index contributed by atoms with van der Waals surface area (Å²) in [5, 5.41) is 0. The van der Waals surface area contributed by atoms with Crippen LogP contribution in [0.15, 0.2) is 12.1 Å². The van der Waals surface area contributed by atoms with Crippen molar-refractivity contribution < 1.29 is 13.5 Å². The molecule has 0 heterocycles. The zero-order chi connectivity index (χ0) is 17.8. The molecule has 0 saturated heterocycles. The van der Waals surface area contributed by atoms with E-state index in [9.17, 15) is 8.78 Å². The number of rotatable bonds is 9. The fraction of sp³-hybridized carbons (Fsp3) is 0.700.